The van der Waals surface area contributed by atoms with Crippen molar-refractivity contribution in [2.24, 2.45) is 0 Å². The lowest BCUT2D eigenvalue weighted by Crippen LogP contribution is -2.53. The Bertz CT molecular complexity index is 563. The lowest BCUT2D eigenvalue weighted by molar-refractivity contribution is -0.134. The van der Waals surface area contributed by atoms with Crippen LogP contribution in [0.4, 0.5) is 0 Å². The number of nitrogens with one attached hydrogen (secondary N) is 1. The predicted molar refractivity (Wildman–Crippen MR) is 113 cm³/mol. The summed E-state index contributed by atoms with van der Waals surface area (Å²) in [6.45, 7) is 7.23. The molecule has 3 heterocycles. The van der Waals surface area contributed by atoms with E-state index in [-0.39, 0.29) is 17.3 Å². The topological polar surface area (TPSA) is 48.5 Å². The second-order valence-electron chi connectivity index (χ2n) is 7.65. The third-order valence-corrected chi connectivity index (χ3v) is 6.85. The van der Waals surface area contributed by atoms with E-state index in [9.17, 15) is 4.79 Å². The summed E-state index contributed by atoms with van der Waals surface area (Å²) in [6, 6.07) is 3.96. The first-order valence-corrected chi connectivity index (χ1v) is 11.6. The number of piperazine rings is 1. The summed E-state index contributed by atoms with van der Waals surface area (Å²) in [7, 11) is 0. The number of nitrogens with zero attached hydrogens (tertiary/aromatic N) is 3. The van der Waals surface area contributed by atoms with E-state index in [1.165, 1.54) is 45.1 Å². The van der Waals surface area contributed by atoms with Gasteiger partial charge in [0.2, 0.25) is 5.91 Å². The second-order valence-corrected chi connectivity index (χ2v) is 8.79. The van der Waals surface area contributed by atoms with Crippen molar-refractivity contribution in [1.82, 2.24) is 20.1 Å². The highest BCUT2D eigenvalue weighted by Gasteiger charge is 2.34. The first-order valence-electron chi connectivity index (χ1n) is 10.6. The van der Waals surface area contributed by atoms with Crippen molar-refractivity contribution in [3.8, 4) is 0 Å². The van der Waals surface area contributed by atoms with E-state index in [1.807, 2.05) is 12.3 Å². The number of carbonyl (C=O) groups is 1. The molecule has 3 rings (SSSR count). The molecule has 2 atom stereocenters. The van der Waals surface area contributed by atoms with Gasteiger partial charge in [-0.05, 0) is 24.6 Å². The van der Waals surface area contributed by atoms with Crippen molar-refractivity contribution in [3.63, 3.8) is 0 Å². The molecule has 2 aliphatic rings. The van der Waals surface area contributed by atoms with Gasteiger partial charge in [-0.2, -0.15) is 0 Å². The van der Waals surface area contributed by atoms with E-state index >= 15 is 0 Å². The summed E-state index contributed by atoms with van der Waals surface area (Å²) in [5.41, 5.74) is 1.15. The highest BCUT2D eigenvalue weighted by atomic mass is 32.2. The number of rotatable bonds is 9. The number of hydrogen-bond donors (Lipinski definition) is 1. The summed E-state index contributed by atoms with van der Waals surface area (Å²) in [4.78, 5) is 21.6. The van der Waals surface area contributed by atoms with Crippen molar-refractivity contribution >= 4 is 17.7 Å². The Morgan fingerprint density at radius 2 is 1.96 bits per heavy atom. The summed E-state index contributed by atoms with van der Waals surface area (Å²) >= 11 is 1.81. The van der Waals surface area contributed by atoms with Gasteiger partial charge in [-0.1, -0.05) is 45.1 Å². The molecule has 1 aromatic rings. The molecule has 2 fully saturated rings. The lowest BCUT2D eigenvalue weighted by Gasteiger charge is -2.36. The van der Waals surface area contributed by atoms with Crippen LogP contribution in [-0.4, -0.2) is 65.2 Å². The van der Waals surface area contributed by atoms with Gasteiger partial charge < -0.3 is 4.90 Å². The van der Waals surface area contributed by atoms with Crippen molar-refractivity contribution in [3.05, 3.63) is 30.1 Å². The Balaban J connectivity index is 1.34. The monoisotopic (exact) mass is 390 g/mol. The van der Waals surface area contributed by atoms with Crippen molar-refractivity contribution < 1.29 is 4.79 Å². The van der Waals surface area contributed by atoms with Crippen LogP contribution in [0, 0.1) is 0 Å². The molecular weight excluding hydrogens is 356 g/mol. The molecule has 5 nitrogen and oxygen atoms in total. The molecule has 2 saturated heterocycles. The predicted octanol–water partition coefficient (Wildman–Crippen LogP) is 3.29. The maximum Gasteiger partial charge on any atom is 0.240 e. The number of aromatic nitrogens is 1. The first kappa shape index (κ1) is 20.6. The van der Waals surface area contributed by atoms with Gasteiger partial charge in [-0.25, -0.2) is 0 Å². The fourth-order valence-electron chi connectivity index (χ4n) is 3.87. The fraction of sp³-hybridized carbons (Fsp3) is 0.714. The molecule has 0 saturated carbocycles. The van der Waals surface area contributed by atoms with Gasteiger partial charge in [0.1, 0.15) is 0 Å². The number of amides is 1. The highest BCUT2D eigenvalue weighted by molar-refractivity contribution is 7.99. The molecule has 2 aliphatic heterocycles. The van der Waals surface area contributed by atoms with E-state index in [1.54, 1.807) is 18.0 Å². The molecule has 27 heavy (non-hydrogen) atoms. The largest absolute Gasteiger partial charge is 0.339 e. The third-order valence-electron chi connectivity index (χ3n) is 5.58. The molecule has 1 N–H and O–H groups in total. The Morgan fingerprint density at radius 1 is 1.19 bits per heavy atom. The summed E-state index contributed by atoms with van der Waals surface area (Å²) < 4.78 is 0. The molecule has 6 heteroatoms. The SMILES string of the molecule is CCCCCCCCN1CCN(C(=O)C2CSC(c3cccnc3)N2)CC1. The normalized spacial score (nSPS) is 23.7. The van der Waals surface area contributed by atoms with Crippen molar-refractivity contribution in [2.45, 2.75) is 56.9 Å². The minimum Gasteiger partial charge on any atom is -0.339 e. The molecule has 0 aromatic carbocycles. The number of unbranched alkanes of at least 4 members (excludes halogenated alkanes) is 5. The quantitative estimate of drug-likeness (QED) is 0.656. The van der Waals surface area contributed by atoms with E-state index in [0.29, 0.717) is 0 Å². The average Bonchev–Trinajstić information content (AvgIpc) is 3.21. The minimum absolute atomic E-state index is 0.0645. The number of pyridine rings is 1. The van der Waals surface area contributed by atoms with Crippen LogP contribution >= 0.6 is 11.8 Å². The number of carbonyl (C=O) groups excluding carboxylic acids is 1. The van der Waals surface area contributed by atoms with Gasteiger partial charge in [0.15, 0.2) is 0 Å². The first-order chi connectivity index (χ1) is 13.3. The smallest absolute Gasteiger partial charge is 0.240 e. The minimum atomic E-state index is -0.0645. The summed E-state index contributed by atoms with van der Waals surface area (Å²) in [5.74, 6) is 1.12. The van der Waals surface area contributed by atoms with Crippen LogP contribution in [0.2, 0.25) is 0 Å². The van der Waals surface area contributed by atoms with E-state index in [4.69, 9.17) is 0 Å². The van der Waals surface area contributed by atoms with E-state index in [0.717, 1.165) is 37.5 Å². The molecule has 2 unspecified atom stereocenters. The van der Waals surface area contributed by atoms with Crippen LogP contribution in [0.25, 0.3) is 0 Å². The molecule has 1 aromatic heterocycles. The molecule has 1 amide bonds. The zero-order valence-corrected chi connectivity index (χ0v) is 17.4. The van der Waals surface area contributed by atoms with Crippen LogP contribution in [0.15, 0.2) is 24.5 Å². The zero-order valence-electron chi connectivity index (χ0n) is 16.6. The number of hydrogen-bond acceptors (Lipinski definition) is 5. The van der Waals surface area contributed by atoms with Gasteiger partial charge in [0.25, 0.3) is 0 Å². The third kappa shape index (κ3) is 6.19. The maximum atomic E-state index is 12.9. The summed E-state index contributed by atoms with van der Waals surface area (Å²) in [6.07, 6.45) is 11.8. The second kappa shape index (κ2) is 11.0. The Labute approximate surface area is 168 Å². The van der Waals surface area contributed by atoms with Crippen LogP contribution in [-0.2, 0) is 4.79 Å². The van der Waals surface area contributed by atoms with Gasteiger partial charge in [-0.15, -0.1) is 11.8 Å². The van der Waals surface area contributed by atoms with Crippen LogP contribution in [0.3, 0.4) is 0 Å². The van der Waals surface area contributed by atoms with E-state index in [2.05, 4.69) is 33.1 Å². The Morgan fingerprint density at radius 3 is 2.70 bits per heavy atom. The molecule has 0 bridgehead atoms. The van der Waals surface area contributed by atoms with Gasteiger partial charge in [0.05, 0.1) is 11.4 Å². The van der Waals surface area contributed by atoms with Gasteiger partial charge in [0, 0.05) is 44.3 Å². The molecule has 150 valence electrons. The lowest BCUT2D eigenvalue weighted by atomic mass is 10.1. The summed E-state index contributed by atoms with van der Waals surface area (Å²) in [5, 5.41) is 3.67. The van der Waals surface area contributed by atoms with Crippen molar-refractivity contribution in [2.75, 3.05) is 38.5 Å². The van der Waals surface area contributed by atoms with Crippen LogP contribution < -0.4 is 5.32 Å². The number of thioether (sulfide) groups is 1. The van der Waals surface area contributed by atoms with Gasteiger partial charge in [-0.3, -0.25) is 20.0 Å². The highest BCUT2D eigenvalue weighted by Crippen LogP contribution is 2.32. The van der Waals surface area contributed by atoms with Crippen LogP contribution in [0.5, 0.6) is 0 Å². The van der Waals surface area contributed by atoms with E-state index < -0.39 is 0 Å². The van der Waals surface area contributed by atoms with Crippen molar-refractivity contribution in [1.29, 1.82) is 0 Å². The standard InChI is InChI=1S/C21H34N4OS/c1-2-3-4-5-6-7-11-24-12-14-25(15-13-24)21(26)19-17-27-20(23-19)18-9-8-10-22-16-18/h8-10,16,19-20,23H,2-7,11-15,17H2,1H3. The maximum absolute atomic E-state index is 12.9. The Hall–Kier alpha value is -1.11. The zero-order chi connectivity index (χ0) is 18.9. The Kier molecular flexibility index (Phi) is 8.42. The molecule has 0 radical (unpaired) electrons. The molecule has 0 aliphatic carbocycles. The average molecular weight is 391 g/mol. The van der Waals surface area contributed by atoms with Gasteiger partial charge >= 0.3 is 0 Å². The van der Waals surface area contributed by atoms with Crippen LogP contribution in [0.1, 0.15) is 56.4 Å². The molecular formula is C21H34N4OS. The fourth-order valence-corrected chi connectivity index (χ4v) is 5.08. The molecule has 0 spiro atoms.